The van der Waals surface area contributed by atoms with E-state index in [1.54, 1.807) is 13.0 Å². The van der Waals surface area contributed by atoms with E-state index in [0.717, 1.165) is 7.14 Å². The summed E-state index contributed by atoms with van der Waals surface area (Å²) in [6, 6.07) is 3.63. The summed E-state index contributed by atoms with van der Waals surface area (Å²) < 4.78 is 6.72. The van der Waals surface area contributed by atoms with Gasteiger partial charge >= 0.3 is 5.97 Å². The van der Waals surface area contributed by atoms with Gasteiger partial charge in [0.2, 0.25) is 0 Å². The molecule has 0 spiro atoms. The van der Waals surface area contributed by atoms with Crippen LogP contribution in [-0.2, 0) is 4.74 Å². The maximum Gasteiger partial charge on any atom is 0.339 e. The van der Waals surface area contributed by atoms with E-state index in [9.17, 15) is 4.79 Å². The minimum absolute atomic E-state index is 0.358. The van der Waals surface area contributed by atoms with Gasteiger partial charge in [0, 0.05) is 7.14 Å². The van der Waals surface area contributed by atoms with Crippen molar-refractivity contribution in [2.24, 2.45) is 0 Å². The van der Waals surface area contributed by atoms with Gasteiger partial charge in [0.15, 0.2) is 0 Å². The number of hydrogen-bond acceptors (Lipinski definition) is 2. The van der Waals surface area contributed by atoms with Gasteiger partial charge in [-0.05, 0) is 64.2 Å². The summed E-state index contributed by atoms with van der Waals surface area (Å²) in [5, 5.41) is 0.462. The molecule has 1 aromatic rings. The third-order valence-electron chi connectivity index (χ3n) is 1.49. The smallest absolute Gasteiger partial charge is 0.339 e. The molecule has 2 nitrogen and oxygen atoms in total. The summed E-state index contributed by atoms with van der Waals surface area (Å²) in [5.41, 5.74) is 0.435. The molecule has 0 N–H and O–H groups in total. The number of halogens is 3. The monoisotopic (exact) mass is 436 g/mol. The maximum absolute atomic E-state index is 11.5. The van der Waals surface area contributed by atoms with Crippen LogP contribution in [0.2, 0.25) is 5.02 Å². The zero-order valence-electron chi connectivity index (χ0n) is 7.31. The van der Waals surface area contributed by atoms with Crippen LogP contribution in [0.1, 0.15) is 17.3 Å². The Bertz CT molecular complexity index is 366. The molecule has 0 aliphatic heterocycles. The lowest BCUT2D eigenvalue weighted by atomic mass is 10.2. The highest BCUT2D eigenvalue weighted by Crippen LogP contribution is 2.26. The zero-order valence-corrected chi connectivity index (χ0v) is 12.4. The highest BCUT2D eigenvalue weighted by Gasteiger charge is 2.14. The molecule has 0 bridgehead atoms. The molecule has 0 amide bonds. The fourth-order valence-corrected chi connectivity index (χ4v) is 2.94. The second-order valence-electron chi connectivity index (χ2n) is 2.47. The average molecular weight is 436 g/mol. The number of hydrogen-bond donors (Lipinski definition) is 0. The molecule has 1 rings (SSSR count). The van der Waals surface area contributed by atoms with Gasteiger partial charge in [-0.15, -0.1) is 0 Å². The van der Waals surface area contributed by atoms with E-state index < -0.39 is 0 Å². The molecule has 0 radical (unpaired) electrons. The quantitative estimate of drug-likeness (QED) is 0.401. The van der Waals surface area contributed by atoms with Crippen LogP contribution in [0.4, 0.5) is 0 Å². The third kappa shape index (κ3) is 2.96. The van der Waals surface area contributed by atoms with Gasteiger partial charge in [-0.1, -0.05) is 11.6 Å². The Hall–Kier alpha value is 0.440. The number of ether oxygens (including phenoxy) is 1. The first-order valence-corrected chi connectivity index (χ1v) is 6.41. The Morgan fingerprint density at radius 1 is 1.50 bits per heavy atom. The van der Waals surface area contributed by atoms with E-state index in [2.05, 4.69) is 45.2 Å². The van der Waals surface area contributed by atoms with Crippen molar-refractivity contribution in [1.29, 1.82) is 0 Å². The summed E-state index contributed by atoms with van der Waals surface area (Å²) in [5.74, 6) is -0.367. The normalized spacial score (nSPS) is 10.0. The van der Waals surface area contributed by atoms with Crippen LogP contribution in [-0.4, -0.2) is 12.6 Å². The van der Waals surface area contributed by atoms with Crippen molar-refractivity contribution in [3.8, 4) is 0 Å². The van der Waals surface area contributed by atoms with Crippen molar-refractivity contribution in [1.82, 2.24) is 0 Å². The topological polar surface area (TPSA) is 26.3 Å². The van der Waals surface area contributed by atoms with Crippen LogP contribution in [0.25, 0.3) is 0 Å². The second-order valence-corrected chi connectivity index (χ2v) is 5.26. The molecule has 14 heavy (non-hydrogen) atoms. The Kier molecular flexibility index (Phi) is 4.92. The van der Waals surface area contributed by atoms with Crippen molar-refractivity contribution in [3.63, 3.8) is 0 Å². The Labute approximate surface area is 115 Å². The lowest BCUT2D eigenvalue weighted by molar-refractivity contribution is 0.0526. The molecule has 0 saturated heterocycles. The number of carbonyl (C=O) groups excluding carboxylic acids is 1. The fourth-order valence-electron chi connectivity index (χ4n) is 0.913. The third-order valence-corrected chi connectivity index (χ3v) is 3.69. The maximum atomic E-state index is 11.5. The van der Waals surface area contributed by atoms with Crippen LogP contribution >= 0.6 is 56.8 Å². The largest absolute Gasteiger partial charge is 0.462 e. The number of benzene rings is 1. The predicted octanol–water partition coefficient (Wildman–Crippen LogP) is 3.73. The molecule has 76 valence electrons. The van der Waals surface area contributed by atoms with Crippen molar-refractivity contribution in [2.75, 3.05) is 6.61 Å². The van der Waals surface area contributed by atoms with Gasteiger partial charge in [0.25, 0.3) is 0 Å². The standard InChI is InChI=1S/C9H7ClI2O2/c1-2-14-9(13)6-3-5(11)4-7(12)8(6)10/h3-4H,2H2,1H3. The molecular formula is C9H7ClI2O2. The molecule has 0 atom stereocenters. The van der Waals surface area contributed by atoms with Gasteiger partial charge < -0.3 is 4.74 Å². The van der Waals surface area contributed by atoms with E-state index in [-0.39, 0.29) is 5.97 Å². The molecule has 1 aromatic carbocycles. The van der Waals surface area contributed by atoms with E-state index in [1.165, 1.54) is 0 Å². The van der Waals surface area contributed by atoms with Crippen LogP contribution in [0.15, 0.2) is 12.1 Å². The van der Waals surface area contributed by atoms with E-state index in [4.69, 9.17) is 16.3 Å². The fraction of sp³-hybridized carbons (Fsp3) is 0.222. The van der Waals surface area contributed by atoms with Gasteiger partial charge in [0.05, 0.1) is 17.2 Å². The van der Waals surface area contributed by atoms with Crippen LogP contribution in [0.5, 0.6) is 0 Å². The van der Waals surface area contributed by atoms with Gasteiger partial charge in [0.1, 0.15) is 0 Å². The summed E-state index contributed by atoms with van der Waals surface area (Å²) in [6.45, 7) is 2.13. The summed E-state index contributed by atoms with van der Waals surface area (Å²) >= 11 is 10.2. The molecule has 0 heterocycles. The van der Waals surface area contributed by atoms with Crippen LogP contribution < -0.4 is 0 Å². The molecule has 5 heteroatoms. The first-order chi connectivity index (χ1) is 6.56. The Balaban J connectivity index is 3.13. The second kappa shape index (κ2) is 5.50. The zero-order chi connectivity index (χ0) is 10.7. The molecule has 0 aliphatic rings. The predicted molar refractivity (Wildman–Crippen MR) is 72.8 cm³/mol. The Morgan fingerprint density at radius 2 is 2.14 bits per heavy atom. The molecule has 0 aliphatic carbocycles. The molecule has 0 unspecified atom stereocenters. The van der Waals surface area contributed by atoms with Crippen LogP contribution in [0, 0.1) is 7.14 Å². The van der Waals surface area contributed by atoms with Gasteiger partial charge in [-0.3, -0.25) is 0 Å². The minimum atomic E-state index is -0.367. The highest BCUT2D eigenvalue weighted by atomic mass is 127. The number of carbonyl (C=O) groups is 1. The van der Waals surface area contributed by atoms with E-state index in [0.29, 0.717) is 17.2 Å². The summed E-state index contributed by atoms with van der Waals surface area (Å²) in [7, 11) is 0. The van der Waals surface area contributed by atoms with Gasteiger partial charge in [-0.2, -0.15) is 0 Å². The first kappa shape index (κ1) is 12.5. The molecule has 0 fully saturated rings. The van der Waals surface area contributed by atoms with Crippen molar-refractivity contribution in [3.05, 3.63) is 29.9 Å². The first-order valence-electron chi connectivity index (χ1n) is 3.88. The number of esters is 1. The average Bonchev–Trinajstić information content (AvgIpc) is 2.11. The lowest BCUT2D eigenvalue weighted by Crippen LogP contribution is -2.06. The molecule has 0 saturated carbocycles. The van der Waals surface area contributed by atoms with Crippen molar-refractivity contribution < 1.29 is 9.53 Å². The number of rotatable bonds is 2. The van der Waals surface area contributed by atoms with Crippen molar-refractivity contribution in [2.45, 2.75) is 6.92 Å². The van der Waals surface area contributed by atoms with E-state index in [1.807, 2.05) is 6.07 Å². The van der Waals surface area contributed by atoms with Crippen LogP contribution in [0.3, 0.4) is 0 Å². The molecular weight excluding hydrogens is 429 g/mol. The molecule has 0 aromatic heterocycles. The summed E-state index contributed by atoms with van der Waals surface area (Å²) in [4.78, 5) is 11.5. The minimum Gasteiger partial charge on any atom is -0.462 e. The highest BCUT2D eigenvalue weighted by molar-refractivity contribution is 14.1. The Morgan fingerprint density at radius 3 is 2.71 bits per heavy atom. The lowest BCUT2D eigenvalue weighted by Gasteiger charge is -2.06. The van der Waals surface area contributed by atoms with E-state index >= 15 is 0 Å². The summed E-state index contributed by atoms with van der Waals surface area (Å²) in [6.07, 6.45) is 0. The van der Waals surface area contributed by atoms with Gasteiger partial charge in [-0.25, -0.2) is 4.79 Å². The SMILES string of the molecule is CCOC(=O)c1cc(I)cc(I)c1Cl. The van der Waals surface area contributed by atoms with Crippen molar-refractivity contribution >= 4 is 62.8 Å².